The van der Waals surface area contributed by atoms with E-state index in [1.165, 1.54) is 0 Å². The lowest BCUT2D eigenvalue weighted by Crippen LogP contribution is -2.36. The second kappa shape index (κ2) is 4.87. The first kappa shape index (κ1) is 10.7. The smallest absolute Gasteiger partial charge is 0.234 e. The third-order valence-electron chi connectivity index (χ3n) is 0.860. The predicted molar refractivity (Wildman–Crippen MR) is 35.0 cm³/mol. The Hall–Kier alpha value is -0.280. The highest BCUT2D eigenvalue weighted by Crippen LogP contribution is 1.71. The molecule has 1 amide bonds. The van der Waals surface area contributed by atoms with E-state index in [4.69, 9.17) is 5.73 Å². The molecule has 0 spiro atoms. The predicted octanol–water partition coefficient (Wildman–Crippen LogP) is -0.499. The fraction of sp³-hybridized carbons (Fsp3) is 0.750. The van der Waals surface area contributed by atoms with Gasteiger partial charge in [0, 0.05) is 0 Å². The maximum Gasteiger partial charge on any atom is 0.234 e. The molecule has 0 aliphatic heterocycles. The van der Waals surface area contributed by atoms with Gasteiger partial charge in [-0.15, -0.1) is 12.4 Å². The largest absolute Gasteiger partial charge is 0.368 e. The van der Waals surface area contributed by atoms with E-state index in [0.717, 1.165) is 0 Å². The minimum absolute atomic E-state index is 0. The maximum absolute atomic E-state index is 10.1. The lowest BCUT2D eigenvalue weighted by molar-refractivity contribution is -0.119. The number of carbonyl (C=O) groups is 1. The molecule has 0 aliphatic carbocycles. The number of rotatable bonds is 2. The molecule has 0 aliphatic rings. The van der Waals surface area contributed by atoms with Crippen molar-refractivity contribution in [2.75, 3.05) is 7.05 Å². The highest BCUT2D eigenvalue weighted by molar-refractivity contribution is 5.85. The van der Waals surface area contributed by atoms with Crippen LogP contribution in [0.15, 0.2) is 0 Å². The fourth-order valence-corrected chi connectivity index (χ4v) is 0.142. The summed E-state index contributed by atoms with van der Waals surface area (Å²) in [6.07, 6.45) is 0. The summed E-state index contributed by atoms with van der Waals surface area (Å²) in [5, 5.41) is 2.69. The molecule has 0 saturated heterocycles. The van der Waals surface area contributed by atoms with Crippen molar-refractivity contribution in [3.05, 3.63) is 0 Å². The summed E-state index contributed by atoms with van der Waals surface area (Å²) in [7, 11) is 1.69. The lowest BCUT2D eigenvalue weighted by Gasteiger charge is -2.01. The number of nitrogens with two attached hydrogens (primary N) is 1. The molecule has 50 valence electrons. The van der Waals surface area contributed by atoms with Gasteiger partial charge in [-0.2, -0.15) is 0 Å². The van der Waals surface area contributed by atoms with Crippen molar-refractivity contribution in [3.63, 3.8) is 0 Å². The van der Waals surface area contributed by atoms with Crippen molar-refractivity contribution in [2.45, 2.75) is 13.0 Å². The van der Waals surface area contributed by atoms with E-state index >= 15 is 0 Å². The summed E-state index contributed by atoms with van der Waals surface area (Å²) in [6.45, 7) is 1.71. The van der Waals surface area contributed by atoms with E-state index in [-0.39, 0.29) is 24.4 Å². The topological polar surface area (TPSA) is 55.1 Å². The van der Waals surface area contributed by atoms with E-state index in [2.05, 4.69) is 5.32 Å². The number of amides is 1. The summed E-state index contributed by atoms with van der Waals surface area (Å²) < 4.78 is 0. The van der Waals surface area contributed by atoms with Crippen LogP contribution in [0.5, 0.6) is 0 Å². The van der Waals surface area contributed by atoms with E-state index in [0.29, 0.717) is 0 Å². The molecule has 0 radical (unpaired) electrons. The van der Waals surface area contributed by atoms with Crippen LogP contribution in [0.4, 0.5) is 0 Å². The van der Waals surface area contributed by atoms with Gasteiger partial charge >= 0.3 is 0 Å². The van der Waals surface area contributed by atoms with Gasteiger partial charge in [0.2, 0.25) is 5.91 Å². The van der Waals surface area contributed by atoms with Gasteiger partial charge in [-0.25, -0.2) is 0 Å². The molecule has 0 aromatic rings. The van der Waals surface area contributed by atoms with Crippen LogP contribution < -0.4 is 11.1 Å². The number of primary amides is 1. The van der Waals surface area contributed by atoms with Crippen molar-refractivity contribution in [3.8, 4) is 0 Å². The summed E-state index contributed by atoms with van der Waals surface area (Å²) in [5.74, 6) is -0.317. The number of carbonyl (C=O) groups excluding carboxylic acids is 1. The summed E-state index contributed by atoms with van der Waals surface area (Å²) in [4.78, 5) is 10.1. The number of hydrogen-bond acceptors (Lipinski definition) is 2. The molecule has 4 heteroatoms. The molecule has 1 atom stereocenters. The number of likely N-dealkylation sites (N-methyl/N-ethyl adjacent to an activating group) is 1. The van der Waals surface area contributed by atoms with Gasteiger partial charge in [0.15, 0.2) is 0 Å². The van der Waals surface area contributed by atoms with Crippen LogP contribution in [-0.4, -0.2) is 19.0 Å². The molecular weight excluding hydrogens is 128 g/mol. The minimum atomic E-state index is -0.317. The first-order valence-electron chi connectivity index (χ1n) is 2.15. The molecule has 0 fully saturated rings. The Morgan fingerprint density at radius 2 is 2.12 bits per heavy atom. The Morgan fingerprint density at radius 3 is 2.12 bits per heavy atom. The third kappa shape index (κ3) is 3.89. The van der Waals surface area contributed by atoms with Crippen LogP contribution in [0.1, 0.15) is 6.92 Å². The van der Waals surface area contributed by atoms with Gasteiger partial charge in [-0.05, 0) is 14.0 Å². The van der Waals surface area contributed by atoms with Crippen LogP contribution in [0.25, 0.3) is 0 Å². The molecule has 0 unspecified atom stereocenters. The minimum Gasteiger partial charge on any atom is -0.368 e. The highest BCUT2D eigenvalue weighted by Gasteiger charge is 2.01. The highest BCUT2D eigenvalue weighted by atomic mass is 35.5. The zero-order valence-corrected chi connectivity index (χ0v) is 5.79. The Kier molecular flexibility index (Phi) is 6.48. The second-order valence-electron chi connectivity index (χ2n) is 1.41. The van der Waals surface area contributed by atoms with Crippen LogP contribution in [0.3, 0.4) is 0 Å². The normalized spacial score (nSPS) is 11.8. The van der Waals surface area contributed by atoms with E-state index < -0.39 is 0 Å². The van der Waals surface area contributed by atoms with Gasteiger partial charge in [0.05, 0.1) is 6.04 Å². The van der Waals surface area contributed by atoms with Gasteiger partial charge < -0.3 is 11.1 Å². The number of halogens is 1. The summed E-state index contributed by atoms with van der Waals surface area (Å²) >= 11 is 0. The Bertz CT molecular complexity index is 76.4. The van der Waals surface area contributed by atoms with Crippen LogP contribution in [0, 0.1) is 0 Å². The molecule has 0 aromatic heterocycles. The van der Waals surface area contributed by atoms with Crippen LogP contribution in [0.2, 0.25) is 0 Å². The molecule has 0 aromatic carbocycles. The molecule has 3 N–H and O–H groups in total. The third-order valence-corrected chi connectivity index (χ3v) is 0.860. The van der Waals surface area contributed by atoms with E-state index in [1.54, 1.807) is 14.0 Å². The average molecular weight is 139 g/mol. The SMILES string of the molecule is CN[C@H](C)C(N)=O.Cl. The number of nitrogens with one attached hydrogen (secondary N) is 1. The monoisotopic (exact) mass is 138 g/mol. The Labute approximate surface area is 55.0 Å². The van der Waals surface area contributed by atoms with Crippen LogP contribution in [-0.2, 0) is 4.79 Å². The van der Waals surface area contributed by atoms with Gasteiger partial charge in [0.1, 0.15) is 0 Å². The van der Waals surface area contributed by atoms with Crippen molar-refractivity contribution >= 4 is 18.3 Å². The van der Waals surface area contributed by atoms with Gasteiger partial charge in [0.25, 0.3) is 0 Å². The summed E-state index contributed by atoms with van der Waals surface area (Å²) in [6, 6.07) is -0.208. The van der Waals surface area contributed by atoms with Crippen molar-refractivity contribution in [1.82, 2.24) is 5.32 Å². The van der Waals surface area contributed by atoms with Crippen LogP contribution >= 0.6 is 12.4 Å². The molecule has 0 bridgehead atoms. The van der Waals surface area contributed by atoms with Crippen molar-refractivity contribution in [1.29, 1.82) is 0 Å². The molecule has 3 nitrogen and oxygen atoms in total. The van der Waals surface area contributed by atoms with E-state index in [9.17, 15) is 4.79 Å². The summed E-state index contributed by atoms with van der Waals surface area (Å²) in [5.41, 5.74) is 4.85. The Balaban J connectivity index is 0. The Morgan fingerprint density at radius 1 is 1.75 bits per heavy atom. The fourth-order valence-electron chi connectivity index (χ4n) is 0.142. The van der Waals surface area contributed by atoms with E-state index in [1.807, 2.05) is 0 Å². The van der Waals surface area contributed by atoms with Crippen molar-refractivity contribution in [2.24, 2.45) is 5.73 Å². The molecule has 0 saturated carbocycles. The zero-order valence-electron chi connectivity index (χ0n) is 4.97. The van der Waals surface area contributed by atoms with Crippen molar-refractivity contribution < 1.29 is 4.79 Å². The lowest BCUT2D eigenvalue weighted by atomic mass is 10.3. The molecule has 0 rings (SSSR count). The quantitative estimate of drug-likeness (QED) is 0.541. The maximum atomic E-state index is 10.1. The molecular formula is C4H11ClN2O. The van der Waals surface area contributed by atoms with Gasteiger partial charge in [-0.1, -0.05) is 0 Å². The molecule has 0 heterocycles. The second-order valence-corrected chi connectivity index (χ2v) is 1.41. The number of hydrogen-bond donors (Lipinski definition) is 2. The standard InChI is InChI=1S/C4H10N2O.ClH/c1-3(6-2)4(5)7;/h3,6H,1-2H3,(H2,5,7);1H/t3-;/m1./s1. The first-order valence-corrected chi connectivity index (χ1v) is 2.15. The average Bonchev–Trinajstić information content (AvgIpc) is 1.65. The molecule has 8 heavy (non-hydrogen) atoms. The first-order chi connectivity index (χ1) is 3.18. The van der Waals surface area contributed by atoms with Gasteiger partial charge in [-0.3, -0.25) is 4.79 Å². The zero-order chi connectivity index (χ0) is 5.86.